The van der Waals surface area contributed by atoms with Crippen molar-refractivity contribution in [2.75, 3.05) is 17.7 Å². The quantitative estimate of drug-likeness (QED) is 0.156. The molecule has 0 saturated heterocycles. The van der Waals surface area contributed by atoms with Gasteiger partial charge in [-0.3, -0.25) is 19.5 Å². The van der Waals surface area contributed by atoms with Crippen LogP contribution in [-0.4, -0.2) is 43.9 Å². The molecule has 33 heavy (non-hydrogen) atoms. The summed E-state index contributed by atoms with van der Waals surface area (Å²) in [5.74, 6) is -0.0812. The number of hydrogen-bond acceptors (Lipinski definition) is 8. The van der Waals surface area contributed by atoms with Crippen LogP contribution in [0, 0.1) is 10.1 Å². The number of non-ortho nitro benzene ring substituents is 1. The standard InChI is InChI=1S/C22H21N5O5S/c1-3-13-26-20(15-7-11-18(12-8-15)27(30)31)24-25-22(26)33-14-19(28)23-17-9-5-16(6-10-17)21(29)32-4-2/h3,5-12H,1,4,13-14H2,2H3,(H,23,28). The second-order valence-electron chi connectivity index (χ2n) is 6.64. The number of hydrogen-bond donors (Lipinski definition) is 1. The van der Waals surface area contributed by atoms with Crippen LogP contribution < -0.4 is 5.32 Å². The Hall–Kier alpha value is -3.99. The molecular weight excluding hydrogens is 446 g/mol. The van der Waals surface area contributed by atoms with Gasteiger partial charge in [0.25, 0.3) is 5.69 Å². The molecule has 0 bridgehead atoms. The number of allylic oxidation sites excluding steroid dienone is 1. The van der Waals surface area contributed by atoms with Gasteiger partial charge in [-0.1, -0.05) is 17.8 Å². The van der Waals surface area contributed by atoms with Crippen molar-refractivity contribution in [2.24, 2.45) is 0 Å². The smallest absolute Gasteiger partial charge is 0.338 e. The zero-order valence-corrected chi connectivity index (χ0v) is 18.6. The Morgan fingerprint density at radius 1 is 1.18 bits per heavy atom. The Morgan fingerprint density at radius 2 is 1.88 bits per heavy atom. The fraction of sp³-hybridized carbons (Fsp3) is 0.182. The van der Waals surface area contributed by atoms with Crippen LogP contribution in [0.1, 0.15) is 17.3 Å². The number of nitro benzene ring substituents is 1. The van der Waals surface area contributed by atoms with Crippen molar-refractivity contribution < 1.29 is 19.2 Å². The molecule has 0 atom stereocenters. The monoisotopic (exact) mass is 467 g/mol. The summed E-state index contributed by atoms with van der Waals surface area (Å²) in [5.41, 5.74) is 1.59. The lowest BCUT2D eigenvalue weighted by Crippen LogP contribution is -2.15. The summed E-state index contributed by atoms with van der Waals surface area (Å²) in [5, 5.41) is 22.5. The van der Waals surface area contributed by atoms with Crippen molar-refractivity contribution in [2.45, 2.75) is 18.6 Å². The van der Waals surface area contributed by atoms with Crippen LogP contribution in [0.4, 0.5) is 11.4 Å². The zero-order valence-electron chi connectivity index (χ0n) is 17.8. The van der Waals surface area contributed by atoms with Crippen molar-refractivity contribution in [3.8, 4) is 11.4 Å². The SMILES string of the molecule is C=CCn1c(SCC(=O)Nc2ccc(C(=O)OCC)cc2)nnc1-c1ccc([N+](=O)[O-])cc1. The first kappa shape index (κ1) is 23.7. The molecule has 170 valence electrons. The molecule has 1 N–H and O–H groups in total. The highest BCUT2D eigenvalue weighted by Crippen LogP contribution is 2.26. The molecule has 0 unspecified atom stereocenters. The third kappa shape index (κ3) is 6.04. The van der Waals surface area contributed by atoms with Crippen LogP contribution in [0.5, 0.6) is 0 Å². The summed E-state index contributed by atoms with van der Waals surface area (Å²) >= 11 is 1.20. The second kappa shape index (κ2) is 11.0. The van der Waals surface area contributed by atoms with Crippen LogP contribution in [0.2, 0.25) is 0 Å². The number of nitro groups is 1. The number of esters is 1. The van der Waals surface area contributed by atoms with Gasteiger partial charge in [-0.25, -0.2) is 4.79 Å². The van der Waals surface area contributed by atoms with E-state index in [1.54, 1.807) is 54.0 Å². The van der Waals surface area contributed by atoms with Crippen molar-refractivity contribution in [3.63, 3.8) is 0 Å². The number of aromatic nitrogens is 3. The Balaban J connectivity index is 1.66. The molecule has 3 aromatic rings. The molecule has 0 aliphatic heterocycles. The summed E-state index contributed by atoms with van der Waals surface area (Å²) in [4.78, 5) is 34.5. The van der Waals surface area contributed by atoms with E-state index in [0.29, 0.717) is 34.3 Å². The van der Waals surface area contributed by atoms with Crippen molar-refractivity contribution in [1.29, 1.82) is 0 Å². The lowest BCUT2D eigenvalue weighted by atomic mass is 10.2. The van der Waals surface area contributed by atoms with E-state index >= 15 is 0 Å². The van der Waals surface area contributed by atoms with E-state index in [4.69, 9.17) is 4.74 Å². The van der Waals surface area contributed by atoms with E-state index in [1.807, 2.05) is 0 Å². The number of carbonyl (C=O) groups is 2. The second-order valence-corrected chi connectivity index (χ2v) is 7.59. The van der Waals surface area contributed by atoms with E-state index in [1.165, 1.54) is 23.9 Å². The lowest BCUT2D eigenvalue weighted by molar-refractivity contribution is -0.384. The first-order chi connectivity index (χ1) is 15.9. The molecule has 10 nitrogen and oxygen atoms in total. The van der Waals surface area contributed by atoms with Crippen LogP contribution >= 0.6 is 11.8 Å². The van der Waals surface area contributed by atoms with Crippen LogP contribution in [0.3, 0.4) is 0 Å². The molecule has 2 aromatic carbocycles. The molecule has 1 aromatic heterocycles. The highest BCUT2D eigenvalue weighted by molar-refractivity contribution is 7.99. The lowest BCUT2D eigenvalue weighted by Gasteiger charge is -2.08. The predicted molar refractivity (Wildman–Crippen MR) is 124 cm³/mol. The van der Waals surface area contributed by atoms with Gasteiger partial charge in [-0.05, 0) is 43.3 Å². The van der Waals surface area contributed by atoms with Gasteiger partial charge in [0.2, 0.25) is 5.91 Å². The van der Waals surface area contributed by atoms with E-state index in [0.717, 1.165) is 0 Å². The summed E-state index contributed by atoms with van der Waals surface area (Å²) in [6.45, 7) is 6.16. The minimum Gasteiger partial charge on any atom is -0.462 e. The van der Waals surface area contributed by atoms with Crippen molar-refractivity contribution >= 4 is 35.0 Å². The number of rotatable bonds is 10. The van der Waals surface area contributed by atoms with Gasteiger partial charge in [0.05, 0.1) is 22.8 Å². The van der Waals surface area contributed by atoms with Crippen molar-refractivity contribution in [1.82, 2.24) is 14.8 Å². The van der Waals surface area contributed by atoms with Crippen LogP contribution in [-0.2, 0) is 16.1 Å². The van der Waals surface area contributed by atoms with E-state index in [9.17, 15) is 19.7 Å². The Bertz CT molecular complexity index is 1160. The largest absolute Gasteiger partial charge is 0.462 e. The maximum atomic E-state index is 12.4. The van der Waals surface area contributed by atoms with Gasteiger partial charge in [-0.15, -0.1) is 16.8 Å². The molecule has 0 fully saturated rings. The number of carbonyl (C=O) groups excluding carboxylic acids is 2. The Kier molecular flexibility index (Phi) is 7.92. The summed E-state index contributed by atoms with van der Waals surface area (Å²) in [7, 11) is 0. The zero-order chi connectivity index (χ0) is 23.8. The number of ether oxygens (including phenoxy) is 1. The molecule has 0 spiro atoms. The van der Waals surface area contributed by atoms with Gasteiger partial charge in [-0.2, -0.15) is 0 Å². The van der Waals surface area contributed by atoms with Gasteiger partial charge in [0.1, 0.15) is 0 Å². The third-order valence-corrected chi connectivity index (χ3v) is 5.34. The number of thioether (sulfide) groups is 1. The highest BCUT2D eigenvalue weighted by atomic mass is 32.2. The van der Waals surface area contributed by atoms with Gasteiger partial charge in [0, 0.05) is 29.9 Å². The summed E-state index contributed by atoms with van der Waals surface area (Å²) in [6, 6.07) is 12.4. The van der Waals surface area contributed by atoms with E-state index in [2.05, 4.69) is 22.1 Å². The first-order valence-electron chi connectivity index (χ1n) is 9.91. The van der Waals surface area contributed by atoms with Gasteiger partial charge < -0.3 is 10.1 Å². The average molecular weight is 468 g/mol. The number of anilines is 1. The molecule has 0 saturated carbocycles. The molecule has 1 heterocycles. The van der Waals surface area contributed by atoms with Gasteiger partial charge >= 0.3 is 5.97 Å². The van der Waals surface area contributed by atoms with Crippen molar-refractivity contribution in [3.05, 3.63) is 76.9 Å². The van der Waals surface area contributed by atoms with E-state index in [-0.39, 0.29) is 24.0 Å². The minimum absolute atomic E-state index is 0.0184. The molecule has 3 rings (SSSR count). The molecule has 0 radical (unpaired) electrons. The van der Waals surface area contributed by atoms with E-state index < -0.39 is 10.9 Å². The average Bonchev–Trinajstić information content (AvgIpc) is 3.21. The normalized spacial score (nSPS) is 10.5. The predicted octanol–water partition coefficient (Wildman–Crippen LogP) is 3.95. The summed E-state index contributed by atoms with van der Waals surface area (Å²) in [6.07, 6.45) is 1.67. The number of benzene rings is 2. The van der Waals surface area contributed by atoms with Gasteiger partial charge in [0.15, 0.2) is 11.0 Å². The Labute approximate surface area is 193 Å². The highest BCUT2D eigenvalue weighted by Gasteiger charge is 2.16. The first-order valence-corrected chi connectivity index (χ1v) is 10.9. The fourth-order valence-electron chi connectivity index (χ4n) is 2.87. The Morgan fingerprint density at radius 3 is 2.48 bits per heavy atom. The number of nitrogens with one attached hydrogen (secondary N) is 1. The third-order valence-electron chi connectivity index (χ3n) is 4.38. The summed E-state index contributed by atoms with van der Waals surface area (Å²) < 4.78 is 6.71. The topological polar surface area (TPSA) is 129 Å². The molecule has 0 aliphatic carbocycles. The molecule has 0 aliphatic rings. The van der Waals surface area contributed by atoms with Crippen LogP contribution in [0.15, 0.2) is 66.3 Å². The fourth-order valence-corrected chi connectivity index (χ4v) is 3.61. The maximum Gasteiger partial charge on any atom is 0.338 e. The molecule has 11 heteroatoms. The minimum atomic E-state index is -0.470. The molecular formula is C22H21N5O5S. The number of amides is 1. The number of nitrogens with zero attached hydrogens (tertiary/aromatic N) is 4. The molecule has 1 amide bonds. The van der Waals surface area contributed by atoms with Crippen LogP contribution in [0.25, 0.3) is 11.4 Å². The maximum absolute atomic E-state index is 12.4.